The molecule has 2 aromatic rings. The molecule has 0 aliphatic heterocycles. The number of hydrazine groups is 1. The second kappa shape index (κ2) is 6.06. The van der Waals surface area contributed by atoms with Gasteiger partial charge in [-0.25, -0.2) is 10.6 Å². The molecule has 2 heterocycles. The van der Waals surface area contributed by atoms with Crippen LogP contribution in [0.4, 0.5) is 0 Å². The van der Waals surface area contributed by atoms with Gasteiger partial charge < -0.3 is 0 Å². The van der Waals surface area contributed by atoms with Gasteiger partial charge in [-0.2, -0.15) is 0 Å². The predicted octanol–water partition coefficient (Wildman–Crippen LogP) is 1.08. The maximum absolute atomic E-state index is 12.1. The third-order valence-electron chi connectivity index (χ3n) is 3.10. The Morgan fingerprint density at radius 3 is 2.75 bits per heavy atom. The van der Waals surface area contributed by atoms with Crippen molar-refractivity contribution in [2.75, 3.05) is 0 Å². The van der Waals surface area contributed by atoms with Crippen molar-refractivity contribution in [3.05, 3.63) is 44.3 Å². The van der Waals surface area contributed by atoms with Gasteiger partial charge >= 0.3 is 5.69 Å². The SMILES string of the molecule is CCCn1ccn(Cc2cc(C(=O)NN)sc2C)c1=O. The first kappa shape index (κ1) is 14.5. The number of thiophene rings is 1. The number of carbonyl (C=O) groups excluding carboxylic acids is 1. The second-order valence-electron chi connectivity index (χ2n) is 4.57. The van der Waals surface area contributed by atoms with Gasteiger partial charge in [0.15, 0.2) is 0 Å². The molecule has 0 aromatic carbocycles. The Labute approximate surface area is 120 Å². The molecule has 20 heavy (non-hydrogen) atoms. The van der Waals surface area contributed by atoms with Crippen LogP contribution in [0.3, 0.4) is 0 Å². The summed E-state index contributed by atoms with van der Waals surface area (Å²) in [4.78, 5) is 25.2. The van der Waals surface area contributed by atoms with Gasteiger partial charge in [0, 0.05) is 23.8 Å². The van der Waals surface area contributed by atoms with E-state index in [0.717, 1.165) is 23.4 Å². The van der Waals surface area contributed by atoms with Crippen molar-refractivity contribution in [3.63, 3.8) is 0 Å². The Bertz CT molecular complexity index is 668. The van der Waals surface area contributed by atoms with Crippen LogP contribution in [-0.4, -0.2) is 15.0 Å². The summed E-state index contributed by atoms with van der Waals surface area (Å²) in [5.41, 5.74) is 3.05. The largest absolute Gasteiger partial charge is 0.328 e. The zero-order valence-electron chi connectivity index (χ0n) is 11.5. The Kier molecular flexibility index (Phi) is 4.41. The molecule has 0 unspecified atom stereocenters. The summed E-state index contributed by atoms with van der Waals surface area (Å²) < 4.78 is 3.34. The number of nitrogens with one attached hydrogen (secondary N) is 1. The van der Waals surface area contributed by atoms with Crippen LogP contribution in [0.5, 0.6) is 0 Å². The fourth-order valence-electron chi connectivity index (χ4n) is 2.03. The number of rotatable bonds is 5. The minimum absolute atomic E-state index is 0.0257. The standard InChI is InChI=1S/C13H18N4O2S/c1-3-4-16-5-6-17(13(16)19)8-10-7-11(12(18)15-14)20-9(10)2/h5-7H,3-4,8,14H2,1-2H3,(H,15,18). The number of aromatic nitrogens is 2. The molecule has 0 aliphatic rings. The van der Waals surface area contributed by atoms with Gasteiger partial charge in [0.1, 0.15) is 0 Å². The fraction of sp³-hybridized carbons (Fsp3) is 0.385. The Morgan fingerprint density at radius 1 is 1.40 bits per heavy atom. The van der Waals surface area contributed by atoms with Crippen molar-refractivity contribution in [1.29, 1.82) is 0 Å². The number of hydrogen-bond acceptors (Lipinski definition) is 4. The highest BCUT2D eigenvalue weighted by molar-refractivity contribution is 7.14. The molecule has 6 nitrogen and oxygen atoms in total. The summed E-state index contributed by atoms with van der Waals surface area (Å²) in [6.07, 6.45) is 4.49. The normalized spacial score (nSPS) is 10.8. The molecule has 2 aromatic heterocycles. The maximum atomic E-state index is 12.1. The first-order valence-electron chi connectivity index (χ1n) is 6.42. The van der Waals surface area contributed by atoms with E-state index in [-0.39, 0.29) is 11.6 Å². The highest BCUT2D eigenvalue weighted by atomic mass is 32.1. The van der Waals surface area contributed by atoms with Crippen LogP contribution >= 0.6 is 11.3 Å². The number of nitrogens with zero attached hydrogens (tertiary/aromatic N) is 2. The van der Waals surface area contributed by atoms with Crippen LogP contribution in [0.15, 0.2) is 23.3 Å². The smallest absolute Gasteiger partial charge is 0.299 e. The van der Waals surface area contributed by atoms with Gasteiger partial charge in [0.25, 0.3) is 5.91 Å². The van der Waals surface area contributed by atoms with Gasteiger partial charge in [-0.1, -0.05) is 6.92 Å². The molecule has 0 bridgehead atoms. The van der Waals surface area contributed by atoms with E-state index >= 15 is 0 Å². The first-order chi connectivity index (χ1) is 9.56. The van der Waals surface area contributed by atoms with Gasteiger partial charge in [-0.3, -0.25) is 19.4 Å². The van der Waals surface area contributed by atoms with Crippen molar-refractivity contribution >= 4 is 17.2 Å². The number of nitrogen functional groups attached to an aromatic ring is 1. The fourth-order valence-corrected chi connectivity index (χ4v) is 2.97. The summed E-state index contributed by atoms with van der Waals surface area (Å²) in [6, 6.07) is 1.78. The van der Waals surface area contributed by atoms with E-state index in [4.69, 9.17) is 5.84 Å². The van der Waals surface area contributed by atoms with Crippen molar-refractivity contribution in [3.8, 4) is 0 Å². The Hall–Kier alpha value is -1.86. The zero-order valence-corrected chi connectivity index (χ0v) is 12.4. The molecule has 108 valence electrons. The number of carbonyl (C=O) groups is 1. The number of nitrogens with two attached hydrogens (primary N) is 1. The van der Waals surface area contributed by atoms with Crippen LogP contribution in [0.25, 0.3) is 0 Å². The monoisotopic (exact) mass is 294 g/mol. The van der Waals surface area contributed by atoms with Gasteiger partial charge in [0.2, 0.25) is 0 Å². The topological polar surface area (TPSA) is 82.1 Å². The minimum atomic E-state index is -0.305. The lowest BCUT2D eigenvalue weighted by atomic mass is 10.2. The van der Waals surface area contributed by atoms with Crippen LogP contribution < -0.4 is 17.0 Å². The lowest BCUT2D eigenvalue weighted by Crippen LogP contribution is -2.29. The predicted molar refractivity (Wildman–Crippen MR) is 78.8 cm³/mol. The molecule has 2 rings (SSSR count). The average Bonchev–Trinajstić information content (AvgIpc) is 2.96. The quantitative estimate of drug-likeness (QED) is 0.492. The first-order valence-corrected chi connectivity index (χ1v) is 7.24. The molecule has 3 N–H and O–H groups in total. The van der Waals surface area contributed by atoms with Crippen molar-refractivity contribution in [1.82, 2.24) is 14.6 Å². The van der Waals surface area contributed by atoms with Gasteiger partial charge in [-0.15, -0.1) is 11.3 Å². The van der Waals surface area contributed by atoms with E-state index in [1.54, 1.807) is 27.6 Å². The summed E-state index contributed by atoms with van der Waals surface area (Å²) in [5.74, 6) is 4.82. The Morgan fingerprint density at radius 2 is 2.10 bits per heavy atom. The highest BCUT2D eigenvalue weighted by Crippen LogP contribution is 2.22. The molecule has 0 fully saturated rings. The minimum Gasteiger partial charge on any atom is -0.299 e. The Balaban J connectivity index is 2.24. The van der Waals surface area contributed by atoms with Crippen molar-refractivity contribution in [2.45, 2.75) is 33.4 Å². The van der Waals surface area contributed by atoms with E-state index in [0.29, 0.717) is 11.4 Å². The maximum Gasteiger partial charge on any atom is 0.328 e. The molecule has 0 aliphatic carbocycles. The van der Waals surface area contributed by atoms with E-state index in [2.05, 4.69) is 5.43 Å². The summed E-state index contributed by atoms with van der Waals surface area (Å²) in [7, 11) is 0. The molecule has 0 spiro atoms. The molecule has 0 radical (unpaired) electrons. The lowest BCUT2D eigenvalue weighted by Gasteiger charge is -2.01. The van der Waals surface area contributed by atoms with E-state index in [1.807, 2.05) is 13.8 Å². The molecule has 0 saturated carbocycles. The zero-order chi connectivity index (χ0) is 14.7. The van der Waals surface area contributed by atoms with E-state index in [1.165, 1.54) is 11.3 Å². The summed E-state index contributed by atoms with van der Waals surface area (Å²) in [6.45, 7) is 5.15. The van der Waals surface area contributed by atoms with E-state index in [9.17, 15) is 9.59 Å². The van der Waals surface area contributed by atoms with Crippen LogP contribution in [0.1, 0.15) is 33.5 Å². The van der Waals surface area contributed by atoms with Gasteiger partial charge in [-0.05, 0) is 25.0 Å². The summed E-state index contributed by atoms with van der Waals surface area (Å²) >= 11 is 1.37. The number of aryl methyl sites for hydroxylation is 2. The molecule has 0 atom stereocenters. The van der Waals surface area contributed by atoms with Crippen molar-refractivity contribution < 1.29 is 4.79 Å². The third-order valence-corrected chi connectivity index (χ3v) is 4.19. The molecule has 0 saturated heterocycles. The van der Waals surface area contributed by atoms with Crippen molar-refractivity contribution in [2.24, 2.45) is 5.84 Å². The molecule has 1 amide bonds. The molecule has 7 heteroatoms. The number of imidazole rings is 1. The van der Waals surface area contributed by atoms with Crippen LogP contribution in [0.2, 0.25) is 0 Å². The third kappa shape index (κ3) is 2.83. The second-order valence-corrected chi connectivity index (χ2v) is 5.82. The van der Waals surface area contributed by atoms with Gasteiger partial charge in [0.05, 0.1) is 11.4 Å². The molecular formula is C13H18N4O2S. The average molecular weight is 294 g/mol. The number of hydrogen-bond donors (Lipinski definition) is 2. The lowest BCUT2D eigenvalue weighted by molar-refractivity contribution is 0.0957. The number of amides is 1. The summed E-state index contributed by atoms with van der Waals surface area (Å²) in [5, 5.41) is 0. The highest BCUT2D eigenvalue weighted by Gasteiger charge is 2.12. The van der Waals surface area contributed by atoms with E-state index < -0.39 is 0 Å². The molecular weight excluding hydrogens is 276 g/mol. The van der Waals surface area contributed by atoms with Crippen LogP contribution in [-0.2, 0) is 13.1 Å². The van der Waals surface area contributed by atoms with Crippen LogP contribution in [0, 0.1) is 6.92 Å².